The van der Waals surface area contributed by atoms with Gasteiger partial charge < -0.3 is 9.47 Å². The Labute approximate surface area is 132 Å². The molecule has 0 aliphatic rings. The van der Waals surface area contributed by atoms with Crippen LogP contribution in [0, 0.1) is 10.8 Å². The zero-order valence-electron chi connectivity index (χ0n) is 14.4. The number of carbonyl (C=O) groups excluding carboxylic acids is 2. The van der Waals surface area contributed by atoms with Crippen LogP contribution in [0.25, 0.3) is 0 Å². The summed E-state index contributed by atoms with van der Waals surface area (Å²) in [6.45, 7) is 11.8. The average Bonchev–Trinajstić information content (AvgIpc) is 2.26. The van der Waals surface area contributed by atoms with Crippen LogP contribution in [0.2, 0.25) is 0 Å². The molecule has 0 unspecified atom stereocenters. The van der Waals surface area contributed by atoms with Crippen molar-refractivity contribution >= 4 is 11.9 Å². The molecule has 1 aromatic carbocycles. The topological polar surface area (TPSA) is 52.6 Å². The third-order valence-electron chi connectivity index (χ3n) is 2.65. The van der Waals surface area contributed by atoms with Crippen LogP contribution in [0.3, 0.4) is 0 Å². The third-order valence-corrected chi connectivity index (χ3v) is 2.65. The molecule has 4 nitrogen and oxygen atoms in total. The maximum atomic E-state index is 11.9. The van der Waals surface area contributed by atoms with E-state index < -0.39 is 0 Å². The Morgan fingerprint density at radius 3 is 1.36 bits per heavy atom. The van der Waals surface area contributed by atoms with E-state index in [9.17, 15) is 9.59 Å². The summed E-state index contributed by atoms with van der Waals surface area (Å²) in [5.41, 5.74) is -0.316. The van der Waals surface area contributed by atoms with Crippen molar-refractivity contribution in [2.75, 3.05) is 0 Å². The van der Waals surface area contributed by atoms with E-state index in [4.69, 9.17) is 9.47 Å². The molecule has 0 heterocycles. The molecule has 0 bridgehead atoms. The van der Waals surface area contributed by atoms with Crippen LogP contribution in [0.1, 0.15) is 54.4 Å². The lowest BCUT2D eigenvalue weighted by Crippen LogP contribution is -2.20. The van der Waals surface area contributed by atoms with Gasteiger partial charge in [-0.3, -0.25) is 9.59 Å². The first-order valence-corrected chi connectivity index (χ1v) is 7.47. The molecule has 0 aliphatic carbocycles. The molecule has 122 valence electrons. The van der Waals surface area contributed by atoms with Gasteiger partial charge in [0.25, 0.3) is 0 Å². The second kappa shape index (κ2) is 6.95. The fraction of sp³-hybridized carbons (Fsp3) is 0.556. The quantitative estimate of drug-likeness (QED) is 0.612. The van der Waals surface area contributed by atoms with Gasteiger partial charge in [0.1, 0.15) is 0 Å². The van der Waals surface area contributed by atoms with E-state index in [0.717, 1.165) is 0 Å². The van der Waals surface area contributed by atoms with E-state index in [1.807, 2.05) is 41.5 Å². The Hall–Kier alpha value is -1.84. The molecule has 0 atom stereocenters. The first-order valence-electron chi connectivity index (χ1n) is 7.47. The molecule has 0 radical (unpaired) electrons. The number of rotatable bonds is 4. The molecule has 0 amide bonds. The van der Waals surface area contributed by atoms with Crippen molar-refractivity contribution < 1.29 is 19.1 Å². The van der Waals surface area contributed by atoms with Crippen LogP contribution in [-0.4, -0.2) is 11.9 Å². The summed E-state index contributed by atoms with van der Waals surface area (Å²) < 4.78 is 10.7. The lowest BCUT2D eigenvalue weighted by Gasteiger charge is -2.18. The second-order valence-electron chi connectivity index (χ2n) is 7.87. The summed E-state index contributed by atoms with van der Waals surface area (Å²) in [6, 6.07) is 6.72. The van der Waals surface area contributed by atoms with Gasteiger partial charge in [0.2, 0.25) is 0 Å². The standard InChI is InChI=1S/C18H26O4/c1-17(2,3)11-15(19)21-13-9-7-8-10-14(13)22-16(20)12-18(4,5)6/h7-10H,11-12H2,1-6H3. The fourth-order valence-electron chi connectivity index (χ4n) is 1.80. The van der Waals surface area contributed by atoms with Gasteiger partial charge in [0.05, 0.1) is 12.8 Å². The number of para-hydroxylation sites is 2. The molecule has 4 heteroatoms. The van der Waals surface area contributed by atoms with Crippen molar-refractivity contribution in [3.63, 3.8) is 0 Å². The highest BCUT2D eigenvalue weighted by atomic mass is 16.6. The molecular weight excluding hydrogens is 280 g/mol. The predicted octanol–water partition coefficient (Wildman–Crippen LogP) is 4.37. The van der Waals surface area contributed by atoms with Crippen molar-refractivity contribution in [1.29, 1.82) is 0 Å². The van der Waals surface area contributed by atoms with Gasteiger partial charge in [-0.1, -0.05) is 53.7 Å². The molecule has 0 N–H and O–H groups in total. The van der Waals surface area contributed by atoms with Crippen LogP contribution >= 0.6 is 0 Å². The van der Waals surface area contributed by atoms with E-state index >= 15 is 0 Å². The summed E-state index contributed by atoms with van der Waals surface area (Å²) >= 11 is 0. The van der Waals surface area contributed by atoms with Gasteiger partial charge in [-0.15, -0.1) is 0 Å². The molecule has 0 aromatic heterocycles. The molecule has 1 rings (SSSR count). The number of hydrogen-bond donors (Lipinski definition) is 0. The minimum atomic E-state index is -0.341. The summed E-state index contributed by atoms with van der Waals surface area (Å²) in [5.74, 6) is -0.128. The van der Waals surface area contributed by atoms with Crippen LogP contribution in [0.15, 0.2) is 24.3 Å². The van der Waals surface area contributed by atoms with Crippen molar-refractivity contribution in [2.45, 2.75) is 54.4 Å². The summed E-state index contributed by atoms with van der Waals surface area (Å²) in [4.78, 5) is 23.9. The molecule has 0 spiro atoms. The third kappa shape index (κ3) is 7.25. The van der Waals surface area contributed by atoms with Gasteiger partial charge in [-0.25, -0.2) is 0 Å². The van der Waals surface area contributed by atoms with Crippen molar-refractivity contribution in [1.82, 2.24) is 0 Å². The Morgan fingerprint density at radius 1 is 0.773 bits per heavy atom. The first-order chi connectivity index (χ1) is 9.96. The van der Waals surface area contributed by atoms with Crippen molar-refractivity contribution in [3.05, 3.63) is 24.3 Å². The largest absolute Gasteiger partial charge is 0.423 e. The normalized spacial score (nSPS) is 11.9. The van der Waals surface area contributed by atoms with Gasteiger partial charge in [-0.05, 0) is 23.0 Å². The highest BCUT2D eigenvalue weighted by Gasteiger charge is 2.21. The Balaban J connectivity index is 2.78. The lowest BCUT2D eigenvalue weighted by molar-refractivity contribution is -0.139. The molecule has 0 saturated carbocycles. The Kier molecular flexibility index (Phi) is 5.75. The van der Waals surface area contributed by atoms with Gasteiger partial charge in [0.15, 0.2) is 11.5 Å². The SMILES string of the molecule is CC(C)(C)CC(=O)Oc1ccccc1OC(=O)CC(C)(C)C. The number of ether oxygens (including phenoxy) is 2. The molecule has 0 saturated heterocycles. The van der Waals surface area contributed by atoms with Gasteiger partial charge >= 0.3 is 11.9 Å². The monoisotopic (exact) mass is 306 g/mol. The molecule has 0 fully saturated rings. The summed E-state index contributed by atoms with van der Waals surface area (Å²) in [5, 5.41) is 0. The smallest absolute Gasteiger partial charge is 0.311 e. The highest BCUT2D eigenvalue weighted by Crippen LogP contribution is 2.30. The second-order valence-corrected chi connectivity index (χ2v) is 7.87. The Bertz CT molecular complexity index is 484. The number of hydrogen-bond acceptors (Lipinski definition) is 4. The number of esters is 2. The van der Waals surface area contributed by atoms with E-state index in [1.165, 1.54) is 0 Å². The zero-order chi connectivity index (χ0) is 17.0. The molecule has 22 heavy (non-hydrogen) atoms. The van der Waals surface area contributed by atoms with Gasteiger partial charge in [-0.2, -0.15) is 0 Å². The van der Waals surface area contributed by atoms with Crippen LogP contribution in [0.4, 0.5) is 0 Å². The average molecular weight is 306 g/mol. The molecular formula is C18H26O4. The minimum Gasteiger partial charge on any atom is -0.423 e. The van der Waals surface area contributed by atoms with Crippen LogP contribution in [-0.2, 0) is 9.59 Å². The molecule has 1 aromatic rings. The fourth-order valence-corrected chi connectivity index (χ4v) is 1.80. The summed E-state index contributed by atoms with van der Waals surface area (Å²) in [6.07, 6.45) is 0.578. The van der Waals surface area contributed by atoms with E-state index in [1.54, 1.807) is 24.3 Å². The van der Waals surface area contributed by atoms with Gasteiger partial charge in [0, 0.05) is 0 Å². The van der Waals surface area contributed by atoms with E-state index in [2.05, 4.69) is 0 Å². The van der Waals surface area contributed by atoms with Crippen molar-refractivity contribution in [2.24, 2.45) is 10.8 Å². The minimum absolute atomic E-state index is 0.158. The van der Waals surface area contributed by atoms with E-state index in [-0.39, 0.29) is 47.1 Å². The first kappa shape index (κ1) is 18.2. The van der Waals surface area contributed by atoms with E-state index in [0.29, 0.717) is 0 Å². The zero-order valence-corrected chi connectivity index (χ0v) is 14.4. The highest BCUT2D eigenvalue weighted by molar-refractivity contribution is 5.76. The predicted molar refractivity (Wildman–Crippen MR) is 85.9 cm³/mol. The maximum absolute atomic E-state index is 11.9. The molecule has 0 aliphatic heterocycles. The number of carbonyl (C=O) groups is 2. The lowest BCUT2D eigenvalue weighted by atomic mass is 9.92. The maximum Gasteiger partial charge on any atom is 0.311 e. The summed E-state index contributed by atoms with van der Waals surface area (Å²) in [7, 11) is 0. The van der Waals surface area contributed by atoms with Crippen LogP contribution < -0.4 is 9.47 Å². The number of benzene rings is 1. The Morgan fingerprint density at radius 2 is 1.09 bits per heavy atom. The van der Waals surface area contributed by atoms with Crippen LogP contribution in [0.5, 0.6) is 11.5 Å². The van der Waals surface area contributed by atoms with Crippen molar-refractivity contribution in [3.8, 4) is 11.5 Å².